The van der Waals surface area contributed by atoms with Crippen LogP contribution in [-0.2, 0) is 0 Å². The summed E-state index contributed by atoms with van der Waals surface area (Å²) in [6.07, 6.45) is 4.40. The van der Waals surface area contributed by atoms with E-state index in [9.17, 15) is 9.59 Å². The third-order valence-corrected chi connectivity index (χ3v) is 7.28. The largest absolute Gasteiger partial charge is 0.477 e. The van der Waals surface area contributed by atoms with Gasteiger partial charge in [-0.2, -0.15) is 0 Å². The van der Waals surface area contributed by atoms with Crippen LogP contribution in [0.4, 0.5) is 5.82 Å². The van der Waals surface area contributed by atoms with E-state index < -0.39 is 6.04 Å². The van der Waals surface area contributed by atoms with Crippen LogP contribution in [0.25, 0.3) is 38.8 Å². The maximum absolute atomic E-state index is 14.5. The number of para-hydroxylation sites is 1. The van der Waals surface area contributed by atoms with Crippen molar-refractivity contribution in [3.05, 3.63) is 105 Å². The fraction of sp³-hybridized carbons (Fsp3) is 0.133. The van der Waals surface area contributed by atoms with Crippen LogP contribution < -0.4 is 25.8 Å². The molecule has 6 rings (SSSR count). The number of nitrogens with zero attached hydrogens (tertiary/aromatic N) is 5. The molecule has 0 spiro atoms. The number of nitrogens with one attached hydrogen (secondary N) is 2. The Morgan fingerprint density at radius 3 is 2.48 bits per heavy atom. The minimum Gasteiger partial charge on any atom is -0.477 e. The summed E-state index contributed by atoms with van der Waals surface area (Å²) in [6, 6.07) is 15.4. The Labute approximate surface area is 243 Å². The van der Waals surface area contributed by atoms with Crippen LogP contribution in [-0.4, -0.2) is 43.7 Å². The smallest absolute Gasteiger partial charge is 0.278 e. The molecule has 4 aromatic heterocycles. The lowest BCUT2D eigenvalue weighted by atomic mass is 10.0. The molecule has 0 aliphatic heterocycles. The van der Waals surface area contributed by atoms with E-state index >= 15 is 0 Å². The Balaban J connectivity index is 1.61. The van der Waals surface area contributed by atoms with Crippen LogP contribution in [0.3, 0.4) is 0 Å². The quantitative estimate of drug-likeness (QED) is 0.269. The lowest BCUT2D eigenvalue weighted by Crippen LogP contribution is -2.27. The predicted octanol–water partition coefficient (Wildman–Crippen LogP) is 4.92. The number of aromatic nitrogens is 6. The Bertz CT molecular complexity index is 2070. The minimum absolute atomic E-state index is 0.183. The van der Waals surface area contributed by atoms with Crippen molar-refractivity contribution >= 4 is 39.2 Å². The second-order valence-corrected chi connectivity index (χ2v) is 9.71. The second-order valence-electron chi connectivity index (χ2n) is 9.33. The summed E-state index contributed by atoms with van der Waals surface area (Å²) in [5.41, 5.74) is 1.85. The molecule has 1 atom stereocenters. The van der Waals surface area contributed by atoms with Crippen molar-refractivity contribution < 1.29 is 9.47 Å². The number of pyridine rings is 2. The van der Waals surface area contributed by atoms with Crippen molar-refractivity contribution in [1.29, 1.82) is 0 Å². The van der Waals surface area contributed by atoms with Crippen LogP contribution in [0, 0.1) is 0 Å². The first-order chi connectivity index (χ1) is 20.4. The first kappa shape index (κ1) is 26.9. The minimum atomic E-state index is -0.572. The van der Waals surface area contributed by atoms with Crippen LogP contribution in [0.15, 0.2) is 82.9 Å². The zero-order chi connectivity index (χ0) is 29.4. The monoisotopic (exact) mass is 581 g/mol. The summed E-state index contributed by atoms with van der Waals surface area (Å²) >= 11 is 7.16. The van der Waals surface area contributed by atoms with Crippen molar-refractivity contribution in [3.8, 4) is 28.7 Å². The van der Waals surface area contributed by atoms with Crippen molar-refractivity contribution in [1.82, 2.24) is 29.5 Å². The highest BCUT2D eigenvalue weighted by molar-refractivity contribution is 6.36. The lowest BCUT2D eigenvalue weighted by Gasteiger charge is -2.24. The van der Waals surface area contributed by atoms with E-state index in [4.69, 9.17) is 21.1 Å². The molecular weight excluding hydrogens is 558 g/mol. The van der Waals surface area contributed by atoms with Gasteiger partial charge in [0.2, 0.25) is 0 Å². The highest BCUT2D eigenvalue weighted by Crippen LogP contribution is 2.37. The van der Waals surface area contributed by atoms with E-state index in [2.05, 4.69) is 30.2 Å². The Kier molecular flexibility index (Phi) is 7.01. The number of anilines is 1. The van der Waals surface area contributed by atoms with Gasteiger partial charge in [0, 0.05) is 28.9 Å². The van der Waals surface area contributed by atoms with Gasteiger partial charge in [0.05, 0.1) is 48.3 Å². The third kappa shape index (κ3) is 4.49. The number of ether oxygens (including phenoxy) is 2. The summed E-state index contributed by atoms with van der Waals surface area (Å²) in [5, 5.41) is 4.81. The average molecular weight is 582 g/mol. The molecule has 0 saturated heterocycles. The van der Waals surface area contributed by atoms with E-state index in [0.717, 1.165) is 0 Å². The Hall–Kier alpha value is -5.29. The zero-order valence-corrected chi connectivity index (χ0v) is 23.5. The number of benzene rings is 2. The maximum Gasteiger partial charge on any atom is 0.278 e. The molecule has 11 nitrogen and oxygen atoms in total. The summed E-state index contributed by atoms with van der Waals surface area (Å²) in [6.45, 7) is 1.85. The molecule has 0 bridgehead atoms. The molecule has 0 unspecified atom stereocenters. The van der Waals surface area contributed by atoms with Gasteiger partial charge in [-0.25, -0.2) is 19.9 Å². The van der Waals surface area contributed by atoms with Gasteiger partial charge in [-0.1, -0.05) is 48.0 Å². The lowest BCUT2D eigenvalue weighted by molar-refractivity contribution is 0.332. The van der Waals surface area contributed by atoms with E-state index in [1.165, 1.54) is 39.0 Å². The van der Waals surface area contributed by atoms with E-state index in [-0.39, 0.29) is 22.7 Å². The molecule has 42 heavy (non-hydrogen) atoms. The van der Waals surface area contributed by atoms with Gasteiger partial charge >= 0.3 is 0 Å². The summed E-state index contributed by atoms with van der Waals surface area (Å²) in [4.78, 5) is 47.5. The van der Waals surface area contributed by atoms with Gasteiger partial charge in [-0.3, -0.25) is 14.2 Å². The standard InChI is InChI=1S/C30H24ClN7O4/c1-16(36-27-23-21(39)12-13-32-26(23)34-15-35-27)25-24(31)19-11-7-10-18(20-14-33-28(41-2)29(37-20)42-3)22(19)30(40)38(25)17-8-5-4-6-9-17/h4-16H,1-3H3,(H2,32,34,35,36,39)/t16-/m0/s1. The number of rotatable bonds is 7. The number of aromatic amines is 1. The highest BCUT2D eigenvalue weighted by atomic mass is 35.5. The topological polar surface area (TPSA) is 137 Å². The fourth-order valence-corrected chi connectivity index (χ4v) is 5.41. The molecule has 2 N–H and O–H groups in total. The first-order valence-corrected chi connectivity index (χ1v) is 13.3. The molecular formula is C30H24ClN7O4. The first-order valence-electron chi connectivity index (χ1n) is 12.9. The molecule has 4 heterocycles. The Morgan fingerprint density at radius 2 is 1.71 bits per heavy atom. The van der Waals surface area contributed by atoms with Crippen molar-refractivity contribution in [3.63, 3.8) is 0 Å². The summed E-state index contributed by atoms with van der Waals surface area (Å²) in [7, 11) is 2.94. The predicted molar refractivity (Wildman–Crippen MR) is 161 cm³/mol. The summed E-state index contributed by atoms with van der Waals surface area (Å²) in [5.74, 6) is 0.717. The molecule has 0 aliphatic rings. The molecule has 0 amide bonds. The SMILES string of the molecule is COc1ncc(-c2cccc3c(Cl)c([C@H](C)Nc4ncnc5[nH]ccc(=O)c45)n(-c4ccccc4)c(=O)c23)nc1OC. The number of halogens is 1. The fourth-order valence-electron chi connectivity index (χ4n) is 5.01. The van der Waals surface area contributed by atoms with Crippen LogP contribution >= 0.6 is 11.6 Å². The average Bonchev–Trinajstić information content (AvgIpc) is 3.02. The Morgan fingerprint density at radius 1 is 0.929 bits per heavy atom. The van der Waals surface area contributed by atoms with Crippen LogP contribution in [0.1, 0.15) is 18.7 Å². The zero-order valence-electron chi connectivity index (χ0n) is 22.8. The number of hydrogen-bond donors (Lipinski definition) is 2. The van der Waals surface area contributed by atoms with Crippen molar-refractivity contribution in [2.45, 2.75) is 13.0 Å². The molecule has 6 aromatic rings. The molecule has 0 radical (unpaired) electrons. The van der Waals surface area contributed by atoms with Gasteiger partial charge in [0.1, 0.15) is 23.2 Å². The normalized spacial score (nSPS) is 11.9. The van der Waals surface area contributed by atoms with Gasteiger partial charge in [0.15, 0.2) is 5.43 Å². The molecule has 0 saturated carbocycles. The molecule has 0 fully saturated rings. The van der Waals surface area contributed by atoms with Gasteiger partial charge < -0.3 is 19.8 Å². The molecule has 12 heteroatoms. The summed E-state index contributed by atoms with van der Waals surface area (Å²) < 4.78 is 12.2. The number of methoxy groups -OCH3 is 2. The molecule has 0 aliphatic carbocycles. The van der Waals surface area contributed by atoms with E-state index in [1.54, 1.807) is 22.8 Å². The molecule has 210 valence electrons. The number of H-pyrrole nitrogens is 1. The maximum atomic E-state index is 14.5. The van der Waals surface area contributed by atoms with E-state index in [1.807, 2.05) is 37.3 Å². The van der Waals surface area contributed by atoms with Gasteiger partial charge in [-0.15, -0.1) is 0 Å². The van der Waals surface area contributed by atoms with Gasteiger partial charge in [0.25, 0.3) is 17.3 Å². The van der Waals surface area contributed by atoms with Gasteiger partial charge in [-0.05, 0) is 19.1 Å². The third-order valence-electron chi connectivity index (χ3n) is 6.88. The highest BCUT2D eigenvalue weighted by Gasteiger charge is 2.25. The second kappa shape index (κ2) is 10.9. The number of fused-ring (bicyclic) bond motifs is 2. The van der Waals surface area contributed by atoms with Crippen LogP contribution in [0.2, 0.25) is 5.02 Å². The molecule has 2 aromatic carbocycles. The number of hydrogen-bond acceptors (Lipinski definition) is 9. The van der Waals surface area contributed by atoms with Crippen molar-refractivity contribution in [2.75, 3.05) is 19.5 Å². The van der Waals surface area contributed by atoms with Crippen LogP contribution in [0.5, 0.6) is 11.8 Å². The van der Waals surface area contributed by atoms with Crippen molar-refractivity contribution in [2.24, 2.45) is 0 Å². The van der Waals surface area contributed by atoms with E-state index in [0.29, 0.717) is 55.3 Å².